The number of anilines is 1. The fraction of sp³-hybridized carbons (Fsp3) is 0.176. The number of aromatic nitrogens is 5. The molecular weight excluding hydrogens is 375 g/mol. The van der Waals surface area contributed by atoms with Crippen molar-refractivity contribution >= 4 is 40.4 Å². The van der Waals surface area contributed by atoms with Crippen molar-refractivity contribution in [2.24, 2.45) is 0 Å². The molecule has 1 aromatic carbocycles. The van der Waals surface area contributed by atoms with E-state index in [1.807, 2.05) is 0 Å². The lowest BCUT2D eigenvalue weighted by Gasteiger charge is -2.21. The first-order chi connectivity index (χ1) is 12.8. The number of H-pyrrole nitrogens is 1. The van der Waals surface area contributed by atoms with E-state index >= 15 is 4.39 Å². The quantitative estimate of drug-likeness (QED) is 0.466. The molecule has 0 aliphatic heterocycles. The number of imidazole rings is 1. The van der Waals surface area contributed by atoms with Gasteiger partial charge in [0.25, 0.3) is 0 Å². The highest BCUT2D eigenvalue weighted by atomic mass is 35.5. The third-order valence-electron chi connectivity index (χ3n) is 4.21. The van der Waals surface area contributed by atoms with Gasteiger partial charge < -0.3 is 14.8 Å². The first kappa shape index (κ1) is 17.4. The van der Waals surface area contributed by atoms with Gasteiger partial charge >= 0.3 is 0 Å². The summed E-state index contributed by atoms with van der Waals surface area (Å²) < 4.78 is 16.7. The minimum Gasteiger partial charge on any atom is -0.386 e. The number of aromatic amines is 1. The molecule has 10 heteroatoms. The van der Waals surface area contributed by atoms with Gasteiger partial charge in [-0.1, -0.05) is 11.6 Å². The molecule has 3 aromatic heterocycles. The lowest BCUT2D eigenvalue weighted by molar-refractivity contribution is -0.105. The molecule has 0 atom stereocenters. The SMILES string of the molecule is CC(C)(O)c1c(F)c(Cl)c(-c2cn3cc(NC=O)nc3cn2)c2cn[nH]c12. The van der Waals surface area contributed by atoms with E-state index in [-0.39, 0.29) is 10.6 Å². The molecule has 27 heavy (non-hydrogen) atoms. The Morgan fingerprint density at radius 3 is 2.85 bits per heavy atom. The van der Waals surface area contributed by atoms with Crippen molar-refractivity contribution in [1.29, 1.82) is 0 Å². The zero-order chi connectivity index (χ0) is 19.3. The second-order valence-corrected chi connectivity index (χ2v) is 6.90. The Morgan fingerprint density at radius 2 is 2.15 bits per heavy atom. The minimum atomic E-state index is -1.46. The number of hydrogen-bond acceptors (Lipinski definition) is 5. The second-order valence-electron chi connectivity index (χ2n) is 6.52. The van der Waals surface area contributed by atoms with Crippen LogP contribution in [0.25, 0.3) is 27.8 Å². The summed E-state index contributed by atoms with van der Waals surface area (Å²) in [5.74, 6) is -0.390. The predicted octanol–water partition coefficient (Wildman–Crippen LogP) is 2.86. The van der Waals surface area contributed by atoms with Crippen LogP contribution in [0.2, 0.25) is 5.02 Å². The molecular formula is C17H14ClFN6O2. The summed E-state index contributed by atoms with van der Waals surface area (Å²) in [5.41, 5.74) is 0.131. The molecule has 0 saturated heterocycles. The number of aliphatic hydroxyl groups is 1. The van der Waals surface area contributed by atoms with Gasteiger partial charge in [0.2, 0.25) is 6.41 Å². The van der Waals surface area contributed by atoms with E-state index < -0.39 is 11.4 Å². The third-order valence-corrected chi connectivity index (χ3v) is 4.56. The maximum absolute atomic E-state index is 15.0. The maximum Gasteiger partial charge on any atom is 0.212 e. The summed E-state index contributed by atoms with van der Waals surface area (Å²) in [6, 6.07) is 0. The van der Waals surface area contributed by atoms with Crippen molar-refractivity contribution in [1.82, 2.24) is 24.6 Å². The van der Waals surface area contributed by atoms with Crippen molar-refractivity contribution in [3.05, 3.63) is 41.2 Å². The summed E-state index contributed by atoms with van der Waals surface area (Å²) >= 11 is 6.33. The average Bonchev–Trinajstić information content (AvgIpc) is 3.20. The van der Waals surface area contributed by atoms with Gasteiger partial charge in [-0.2, -0.15) is 5.10 Å². The van der Waals surface area contributed by atoms with Crippen LogP contribution in [0.3, 0.4) is 0 Å². The number of carbonyl (C=O) groups excluding carboxylic acids is 1. The Labute approximate surface area is 157 Å². The normalized spacial score (nSPS) is 12.0. The van der Waals surface area contributed by atoms with Gasteiger partial charge in [0, 0.05) is 22.7 Å². The number of hydrogen-bond donors (Lipinski definition) is 3. The zero-order valence-electron chi connectivity index (χ0n) is 14.3. The molecule has 0 saturated carbocycles. The van der Waals surface area contributed by atoms with Crippen LogP contribution in [0.15, 0.2) is 24.8 Å². The molecule has 3 N–H and O–H groups in total. The van der Waals surface area contributed by atoms with Crippen LogP contribution < -0.4 is 5.32 Å². The van der Waals surface area contributed by atoms with Crippen LogP contribution in [0.5, 0.6) is 0 Å². The molecule has 0 fully saturated rings. The molecule has 8 nitrogen and oxygen atoms in total. The van der Waals surface area contributed by atoms with Crippen molar-refractivity contribution in [3.8, 4) is 11.3 Å². The van der Waals surface area contributed by atoms with E-state index in [0.29, 0.717) is 40.0 Å². The van der Waals surface area contributed by atoms with Crippen LogP contribution in [-0.2, 0) is 10.4 Å². The Bertz CT molecular complexity index is 1190. The van der Waals surface area contributed by atoms with E-state index in [0.717, 1.165) is 0 Å². The van der Waals surface area contributed by atoms with Crippen LogP contribution >= 0.6 is 11.6 Å². The lowest BCUT2D eigenvalue weighted by atomic mass is 9.92. The molecule has 0 spiro atoms. The number of nitrogens with zero attached hydrogens (tertiary/aromatic N) is 4. The van der Waals surface area contributed by atoms with Crippen LogP contribution in [-0.4, -0.2) is 36.1 Å². The number of rotatable bonds is 4. The van der Waals surface area contributed by atoms with E-state index in [9.17, 15) is 9.90 Å². The highest BCUT2D eigenvalue weighted by Gasteiger charge is 2.30. The van der Waals surface area contributed by atoms with Gasteiger partial charge in [-0.15, -0.1) is 0 Å². The summed E-state index contributed by atoms with van der Waals surface area (Å²) in [4.78, 5) is 19.1. The molecule has 4 rings (SSSR count). The van der Waals surface area contributed by atoms with Crippen LogP contribution in [0, 0.1) is 5.82 Å². The summed E-state index contributed by atoms with van der Waals surface area (Å²) in [6.07, 6.45) is 6.72. The van der Waals surface area contributed by atoms with Gasteiger partial charge in [-0.25, -0.2) is 9.37 Å². The Hall–Kier alpha value is -3.04. The van der Waals surface area contributed by atoms with Gasteiger partial charge in [0.05, 0.1) is 40.4 Å². The summed E-state index contributed by atoms with van der Waals surface area (Å²) in [5, 5.41) is 19.9. The van der Waals surface area contributed by atoms with Gasteiger partial charge in [0.1, 0.15) is 0 Å². The first-order valence-corrected chi connectivity index (χ1v) is 8.31. The fourth-order valence-corrected chi connectivity index (χ4v) is 3.39. The number of fused-ring (bicyclic) bond motifs is 2. The fourth-order valence-electron chi connectivity index (χ4n) is 3.10. The molecule has 0 unspecified atom stereocenters. The minimum absolute atomic E-state index is 0.0323. The first-order valence-electron chi connectivity index (χ1n) is 7.93. The van der Waals surface area contributed by atoms with Crippen molar-refractivity contribution < 1.29 is 14.3 Å². The average molecular weight is 389 g/mol. The summed E-state index contributed by atoms with van der Waals surface area (Å²) in [7, 11) is 0. The standard InChI is InChI=1S/C17H14ClFN6O2/c1-17(2,27)13-15(19)14(18)12(8-3-22-24-16(8)13)9-5-25-6-10(21-7-26)23-11(25)4-20-9/h3-7,27H,1-2H3,(H,21,26)(H,22,24). The van der Waals surface area contributed by atoms with Crippen molar-refractivity contribution in [2.45, 2.75) is 19.4 Å². The lowest BCUT2D eigenvalue weighted by Crippen LogP contribution is -2.19. The Kier molecular flexibility index (Phi) is 3.86. The van der Waals surface area contributed by atoms with E-state index in [2.05, 4.69) is 25.5 Å². The number of carbonyl (C=O) groups is 1. The molecule has 0 radical (unpaired) electrons. The zero-order valence-corrected chi connectivity index (χ0v) is 15.0. The molecule has 138 valence electrons. The van der Waals surface area contributed by atoms with E-state index in [1.54, 1.807) is 16.8 Å². The number of amides is 1. The van der Waals surface area contributed by atoms with Crippen molar-refractivity contribution in [2.75, 3.05) is 5.32 Å². The van der Waals surface area contributed by atoms with Crippen LogP contribution in [0.1, 0.15) is 19.4 Å². The largest absolute Gasteiger partial charge is 0.386 e. The third kappa shape index (κ3) is 2.71. The van der Waals surface area contributed by atoms with Gasteiger partial charge in [-0.05, 0) is 13.8 Å². The second kappa shape index (κ2) is 6.00. The number of nitrogens with one attached hydrogen (secondary N) is 2. The topological polar surface area (TPSA) is 108 Å². The van der Waals surface area contributed by atoms with Gasteiger partial charge in [-0.3, -0.25) is 14.9 Å². The highest BCUT2D eigenvalue weighted by Crippen LogP contribution is 2.41. The monoisotopic (exact) mass is 388 g/mol. The smallest absolute Gasteiger partial charge is 0.212 e. The summed E-state index contributed by atoms with van der Waals surface area (Å²) in [6.45, 7) is 2.94. The van der Waals surface area contributed by atoms with E-state index in [4.69, 9.17) is 11.6 Å². The molecule has 1 amide bonds. The molecule has 0 aliphatic rings. The molecule has 0 bridgehead atoms. The van der Waals surface area contributed by atoms with Gasteiger partial charge in [0.15, 0.2) is 17.3 Å². The molecule has 4 aromatic rings. The number of benzene rings is 1. The Morgan fingerprint density at radius 1 is 1.37 bits per heavy atom. The molecule has 3 heterocycles. The Balaban J connectivity index is 1.99. The van der Waals surface area contributed by atoms with Crippen LogP contribution in [0.4, 0.5) is 10.2 Å². The van der Waals surface area contributed by atoms with E-state index in [1.165, 1.54) is 26.2 Å². The maximum atomic E-state index is 15.0. The molecule has 0 aliphatic carbocycles. The highest BCUT2D eigenvalue weighted by molar-refractivity contribution is 6.35. The predicted molar refractivity (Wildman–Crippen MR) is 98.0 cm³/mol. The van der Waals surface area contributed by atoms with Crippen molar-refractivity contribution in [3.63, 3.8) is 0 Å². The number of halogens is 2.